The van der Waals surface area contributed by atoms with E-state index >= 15 is 0 Å². The molecule has 2 rings (SSSR count). The Balaban J connectivity index is 2.11. The average molecular weight is 375 g/mol. The van der Waals surface area contributed by atoms with Gasteiger partial charge in [0.25, 0.3) is 0 Å². The third kappa shape index (κ3) is 5.16. The molecule has 0 bridgehead atoms. The van der Waals surface area contributed by atoms with Gasteiger partial charge in [0, 0.05) is 18.7 Å². The highest BCUT2D eigenvalue weighted by molar-refractivity contribution is 7.89. The Morgan fingerprint density at radius 3 is 2.00 bits per heavy atom. The van der Waals surface area contributed by atoms with E-state index in [0.717, 1.165) is 12.0 Å². The third-order valence-corrected chi connectivity index (χ3v) is 5.99. The first kappa shape index (κ1) is 20.1. The first-order chi connectivity index (χ1) is 12.2. The van der Waals surface area contributed by atoms with E-state index in [2.05, 4.69) is 36.0 Å². The fourth-order valence-electron chi connectivity index (χ4n) is 2.64. The zero-order chi connectivity index (χ0) is 19.3. The smallest absolute Gasteiger partial charge is 0.241 e. The Morgan fingerprint density at radius 1 is 0.962 bits per heavy atom. The molecule has 6 heteroatoms. The molecule has 0 aliphatic heterocycles. The molecule has 1 amide bonds. The lowest BCUT2D eigenvalue weighted by Gasteiger charge is -2.16. The predicted octanol–water partition coefficient (Wildman–Crippen LogP) is 4.20. The van der Waals surface area contributed by atoms with Crippen LogP contribution in [0.3, 0.4) is 0 Å². The molecule has 26 heavy (non-hydrogen) atoms. The number of nitrogens with one attached hydrogen (secondary N) is 2. The molecule has 0 aliphatic rings. The lowest BCUT2D eigenvalue weighted by Crippen LogP contribution is -2.26. The Bertz CT molecular complexity index is 844. The van der Waals surface area contributed by atoms with Gasteiger partial charge >= 0.3 is 0 Å². The highest BCUT2D eigenvalue weighted by atomic mass is 32.2. The number of carbonyl (C=O) groups excluding carboxylic acids is 1. The maximum absolute atomic E-state index is 12.6. The minimum atomic E-state index is -3.65. The molecule has 2 aromatic rings. The van der Waals surface area contributed by atoms with E-state index in [9.17, 15) is 13.2 Å². The summed E-state index contributed by atoms with van der Waals surface area (Å²) in [6.45, 7) is 7.54. The largest absolute Gasteiger partial charge is 0.326 e. The highest BCUT2D eigenvalue weighted by Gasteiger charge is 2.18. The number of carbonyl (C=O) groups is 1. The van der Waals surface area contributed by atoms with Gasteiger partial charge in [0.2, 0.25) is 15.9 Å². The lowest BCUT2D eigenvalue weighted by atomic mass is 9.96. The molecule has 0 saturated carbocycles. The van der Waals surface area contributed by atoms with Crippen LogP contribution in [0.4, 0.5) is 5.69 Å². The molecule has 0 radical (unpaired) electrons. The molecule has 2 atom stereocenters. The molecule has 0 spiro atoms. The Hall–Kier alpha value is -2.18. The zero-order valence-electron chi connectivity index (χ0n) is 15.6. The van der Waals surface area contributed by atoms with Gasteiger partial charge in [0.05, 0.1) is 4.90 Å². The maximum atomic E-state index is 12.6. The van der Waals surface area contributed by atoms with Crippen LogP contribution < -0.4 is 10.0 Å². The van der Waals surface area contributed by atoms with E-state index in [1.165, 1.54) is 24.6 Å². The molecule has 0 aromatic heterocycles. The van der Waals surface area contributed by atoms with Crippen LogP contribution in [-0.4, -0.2) is 14.3 Å². The summed E-state index contributed by atoms with van der Waals surface area (Å²) in [5, 5.41) is 2.61. The standard InChI is InChI=1S/C20H26N2O3S/c1-5-14(2)17-6-8-18(9-7-17)15(3)22-26(24,25)20-12-10-19(11-13-20)21-16(4)23/h6-15,22H,5H2,1-4H3,(H,21,23). The SMILES string of the molecule is CCC(C)c1ccc(C(C)NS(=O)(=O)c2ccc(NC(C)=O)cc2)cc1. The number of sulfonamides is 1. The van der Waals surface area contributed by atoms with Crippen molar-refractivity contribution in [3.63, 3.8) is 0 Å². The van der Waals surface area contributed by atoms with E-state index < -0.39 is 10.0 Å². The van der Waals surface area contributed by atoms with Crippen LogP contribution in [0.15, 0.2) is 53.4 Å². The second-order valence-corrected chi connectivity index (χ2v) is 8.24. The molecule has 0 heterocycles. The van der Waals surface area contributed by atoms with Crippen molar-refractivity contribution in [3.05, 3.63) is 59.7 Å². The van der Waals surface area contributed by atoms with Crippen LogP contribution in [0.1, 0.15) is 57.2 Å². The number of rotatable bonds is 7. The lowest BCUT2D eigenvalue weighted by molar-refractivity contribution is -0.114. The monoisotopic (exact) mass is 374 g/mol. The summed E-state index contributed by atoms with van der Waals surface area (Å²) < 4.78 is 27.8. The normalized spacial score (nSPS) is 13.8. The quantitative estimate of drug-likeness (QED) is 0.763. The van der Waals surface area contributed by atoms with Gasteiger partial charge in [0.15, 0.2) is 0 Å². The van der Waals surface area contributed by atoms with Gasteiger partial charge < -0.3 is 5.32 Å². The minimum Gasteiger partial charge on any atom is -0.326 e. The molecule has 0 saturated heterocycles. The summed E-state index contributed by atoms with van der Waals surface area (Å²) >= 11 is 0. The Kier molecular flexibility index (Phi) is 6.56. The summed E-state index contributed by atoms with van der Waals surface area (Å²) in [6.07, 6.45) is 1.07. The van der Waals surface area contributed by atoms with Crippen molar-refractivity contribution in [1.82, 2.24) is 4.72 Å². The highest BCUT2D eigenvalue weighted by Crippen LogP contribution is 2.23. The third-order valence-electron chi connectivity index (χ3n) is 4.43. The summed E-state index contributed by atoms with van der Waals surface area (Å²) in [4.78, 5) is 11.2. The van der Waals surface area contributed by atoms with Gasteiger partial charge in [-0.05, 0) is 54.7 Å². The summed E-state index contributed by atoms with van der Waals surface area (Å²) in [7, 11) is -3.65. The molecule has 2 unspecified atom stereocenters. The minimum absolute atomic E-state index is 0.162. The molecule has 0 fully saturated rings. The fourth-order valence-corrected chi connectivity index (χ4v) is 3.87. The van der Waals surface area contributed by atoms with Crippen molar-refractivity contribution in [1.29, 1.82) is 0 Å². The van der Waals surface area contributed by atoms with Crippen molar-refractivity contribution in [2.24, 2.45) is 0 Å². The molecule has 2 aromatic carbocycles. The maximum Gasteiger partial charge on any atom is 0.241 e. The van der Waals surface area contributed by atoms with Crippen LogP contribution in [0, 0.1) is 0 Å². The molecular weight excluding hydrogens is 348 g/mol. The molecule has 0 aliphatic carbocycles. The Morgan fingerprint density at radius 2 is 1.50 bits per heavy atom. The van der Waals surface area contributed by atoms with Crippen LogP contribution in [0.5, 0.6) is 0 Å². The van der Waals surface area contributed by atoms with Crippen LogP contribution in [-0.2, 0) is 14.8 Å². The van der Waals surface area contributed by atoms with E-state index in [4.69, 9.17) is 0 Å². The van der Waals surface area contributed by atoms with Crippen molar-refractivity contribution < 1.29 is 13.2 Å². The molecule has 2 N–H and O–H groups in total. The van der Waals surface area contributed by atoms with E-state index in [1.54, 1.807) is 12.1 Å². The zero-order valence-corrected chi connectivity index (χ0v) is 16.4. The van der Waals surface area contributed by atoms with Crippen LogP contribution >= 0.6 is 0 Å². The van der Waals surface area contributed by atoms with Crippen molar-refractivity contribution in [2.75, 3.05) is 5.32 Å². The van der Waals surface area contributed by atoms with E-state index in [-0.39, 0.29) is 16.8 Å². The van der Waals surface area contributed by atoms with Gasteiger partial charge in [-0.1, -0.05) is 38.1 Å². The number of amides is 1. The first-order valence-electron chi connectivity index (χ1n) is 8.72. The fraction of sp³-hybridized carbons (Fsp3) is 0.350. The van der Waals surface area contributed by atoms with Crippen LogP contribution in [0.25, 0.3) is 0 Å². The second-order valence-electron chi connectivity index (χ2n) is 6.52. The second kappa shape index (κ2) is 8.47. The summed E-state index contributed by atoms with van der Waals surface area (Å²) in [6, 6.07) is 13.8. The van der Waals surface area contributed by atoms with Gasteiger partial charge in [-0.15, -0.1) is 0 Å². The van der Waals surface area contributed by atoms with E-state index in [1.807, 2.05) is 19.1 Å². The van der Waals surface area contributed by atoms with Crippen LogP contribution in [0.2, 0.25) is 0 Å². The summed E-state index contributed by atoms with van der Waals surface area (Å²) in [5.74, 6) is 0.284. The number of benzene rings is 2. The van der Waals surface area contributed by atoms with Gasteiger partial charge in [-0.3, -0.25) is 4.79 Å². The van der Waals surface area contributed by atoms with Gasteiger partial charge in [-0.2, -0.15) is 0 Å². The first-order valence-corrected chi connectivity index (χ1v) is 10.2. The number of hydrogen-bond donors (Lipinski definition) is 2. The Labute approximate surface area is 155 Å². The summed E-state index contributed by atoms with van der Waals surface area (Å²) in [5.41, 5.74) is 2.72. The number of hydrogen-bond acceptors (Lipinski definition) is 3. The topological polar surface area (TPSA) is 75.3 Å². The van der Waals surface area contributed by atoms with Gasteiger partial charge in [0.1, 0.15) is 0 Å². The van der Waals surface area contributed by atoms with Crippen molar-refractivity contribution in [3.8, 4) is 0 Å². The van der Waals surface area contributed by atoms with Crippen molar-refractivity contribution in [2.45, 2.75) is 51.0 Å². The molecular formula is C20H26N2O3S. The predicted molar refractivity (Wildman–Crippen MR) is 105 cm³/mol. The molecule has 140 valence electrons. The number of anilines is 1. The van der Waals surface area contributed by atoms with Crippen molar-refractivity contribution >= 4 is 21.6 Å². The van der Waals surface area contributed by atoms with E-state index in [0.29, 0.717) is 11.6 Å². The van der Waals surface area contributed by atoms with Gasteiger partial charge in [-0.25, -0.2) is 13.1 Å². The molecule has 5 nitrogen and oxygen atoms in total. The average Bonchev–Trinajstić information content (AvgIpc) is 2.60.